The van der Waals surface area contributed by atoms with Gasteiger partial charge in [-0.05, 0) is 34.6 Å². The summed E-state index contributed by atoms with van der Waals surface area (Å²) in [6.07, 6.45) is 0. The van der Waals surface area contributed by atoms with Gasteiger partial charge < -0.3 is 15.4 Å². The summed E-state index contributed by atoms with van der Waals surface area (Å²) < 4.78 is 8.81. The molecule has 0 spiro atoms. The lowest BCUT2D eigenvalue weighted by atomic mass is 10.1. The average Bonchev–Trinajstić information content (AvgIpc) is 2.97. The van der Waals surface area contributed by atoms with Gasteiger partial charge in [-0.3, -0.25) is 9.36 Å². The molecule has 0 aliphatic heterocycles. The fraction of sp³-hybridized carbons (Fsp3) is 0.562. The molecule has 2 N–H and O–H groups in total. The number of carbonyl (C=O) groups is 1. The number of ether oxygens (including phenoxy) is 1. The first kappa shape index (κ1) is 17.8. The predicted octanol–water partition coefficient (Wildman–Crippen LogP) is 2.45. The SMILES string of the molecule is CCn1nc(C)c(C(C)NC(=O)Nc2c(OC)nn(C)c2C)c1C. The molecule has 132 valence electrons. The quantitative estimate of drug-likeness (QED) is 0.879. The summed E-state index contributed by atoms with van der Waals surface area (Å²) >= 11 is 0. The van der Waals surface area contributed by atoms with Crippen molar-refractivity contribution < 1.29 is 9.53 Å². The van der Waals surface area contributed by atoms with Gasteiger partial charge in [0.15, 0.2) is 0 Å². The maximum absolute atomic E-state index is 12.4. The van der Waals surface area contributed by atoms with Crippen LogP contribution >= 0.6 is 0 Å². The molecule has 0 aliphatic rings. The van der Waals surface area contributed by atoms with E-state index in [0.717, 1.165) is 29.2 Å². The largest absolute Gasteiger partial charge is 0.478 e. The number of anilines is 1. The number of hydrogen-bond acceptors (Lipinski definition) is 4. The zero-order valence-electron chi connectivity index (χ0n) is 15.4. The third-order valence-corrected chi connectivity index (χ3v) is 4.25. The van der Waals surface area contributed by atoms with Crippen molar-refractivity contribution in [3.8, 4) is 5.88 Å². The lowest BCUT2D eigenvalue weighted by Gasteiger charge is -2.16. The van der Waals surface area contributed by atoms with E-state index in [2.05, 4.69) is 20.8 Å². The molecule has 8 nitrogen and oxygen atoms in total. The Bertz CT molecular complexity index is 746. The zero-order chi connectivity index (χ0) is 18.0. The minimum absolute atomic E-state index is 0.159. The lowest BCUT2D eigenvalue weighted by Crippen LogP contribution is -2.32. The van der Waals surface area contributed by atoms with Gasteiger partial charge in [0.05, 0.1) is 24.5 Å². The van der Waals surface area contributed by atoms with Crippen molar-refractivity contribution in [1.82, 2.24) is 24.9 Å². The molecule has 2 aromatic heterocycles. The highest BCUT2D eigenvalue weighted by molar-refractivity contribution is 5.91. The van der Waals surface area contributed by atoms with Gasteiger partial charge in [0.1, 0.15) is 5.69 Å². The van der Waals surface area contributed by atoms with Crippen molar-refractivity contribution in [3.63, 3.8) is 0 Å². The second kappa shape index (κ2) is 6.94. The second-order valence-electron chi connectivity index (χ2n) is 5.81. The Morgan fingerprint density at radius 1 is 1.25 bits per heavy atom. The number of amides is 2. The number of methoxy groups -OCH3 is 1. The number of rotatable bonds is 5. The molecule has 24 heavy (non-hydrogen) atoms. The van der Waals surface area contributed by atoms with Crippen molar-refractivity contribution in [3.05, 3.63) is 22.6 Å². The summed E-state index contributed by atoms with van der Waals surface area (Å²) in [6.45, 7) is 10.6. The highest BCUT2D eigenvalue weighted by atomic mass is 16.5. The summed E-state index contributed by atoms with van der Waals surface area (Å²) in [4.78, 5) is 12.4. The van der Waals surface area contributed by atoms with Crippen molar-refractivity contribution in [1.29, 1.82) is 0 Å². The number of carbonyl (C=O) groups excluding carboxylic acids is 1. The molecule has 2 rings (SSSR count). The third kappa shape index (κ3) is 3.22. The molecule has 0 saturated carbocycles. The Kier molecular flexibility index (Phi) is 5.16. The van der Waals surface area contributed by atoms with Gasteiger partial charge in [-0.15, -0.1) is 5.10 Å². The smallest absolute Gasteiger partial charge is 0.319 e. The summed E-state index contributed by atoms with van der Waals surface area (Å²) in [7, 11) is 3.33. The van der Waals surface area contributed by atoms with Crippen LogP contribution in [-0.2, 0) is 13.6 Å². The van der Waals surface area contributed by atoms with Crippen LogP contribution in [0, 0.1) is 20.8 Å². The standard InChI is InChI=1S/C16H26N6O2/c1-8-22-11(4)13(10(3)19-22)9(2)17-16(23)18-14-12(5)21(6)20-15(14)24-7/h9H,8H2,1-7H3,(H2,17,18,23). The van der Waals surface area contributed by atoms with Crippen LogP contribution in [0.4, 0.5) is 10.5 Å². The van der Waals surface area contributed by atoms with Crippen molar-refractivity contribution in [2.75, 3.05) is 12.4 Å². The number of hydrogen-bond donors (Lipinski definition) is 2. The molecule has 0 radical (unpaired) electrons. The fourth-order valence-corrected chi connectivity index (χ4v) is 2.93. The second-order valence-corrected chi connectivity index (χ2v) is 5.81. The van der Waals surface area contributed by atoms with Gasteiger partial charge >= 0.3 is 6.03 Å². The van der Waals surface area contributed by atoms with Crippen LogP contribution in [0.1, 0.15) is 42.5 Å². The molecular formula is C16H26N6O2. The zero-order valence-corrected chi connectivity index (χ0v) is 15.4. The fourth-order valence-electron chi connectivity index (χ4n) is 2.93. The van der Waals surface area contributed by atoms with Crippen molar-refractivity contribution >= 4 is 11.7 Å². The van der Waals surface area contributed by atoms with Crippen molar-refractivity contribution in [2.45, 2.75) is 47.2 Å². The maximum atomic E-state index is 12.4. The summed E-state index contributed by atoms with van der Waals surface area (Å²) in [5.74, 6) is 0.393. The van der Waals surface area contributed by atoms with Crippen LogP contribution in [0.25, 0.3) is 0 Å². The minimum Gasteiger partial charge on any atom is -0.478 e. The molecule has 8 heteroatoms. The molecule has 2 heterocycles. The first-order chi connectivity index (χ1) is 11.3. The van der Waals surface area contributed by atoms with Gasteiger partial charge in [0.25, 0.3) is 5.88 Å². The molecule has 2 amide bonds. The van der Waals surface area contributed by atoms with Crippen LogP contribution in [0.2, 0.25) is 0 Å². The Balaban J connectivity index is 2.14. The van der Waals surface area contributed by atoms with Crippen LogP contribution in [-0.4, -0.2) is 32.7 Å². The number of urea groups is 1. The Morgan fingerprint density at radius 3 is 2.46 bits per heavy atom. The monoisotopic (exact) mass is 334 g/mol. The maximum Gasteiger partial charge on any atom is 0.319 e. The van der Waals surface area contributed by atoms with Crippen LogP contribution < -0.4 is 15.4 Å². The van der Waals surface area contributed by atoms with Gasteiger partial charge in [-0.2, -0.15) is 5.10 Å². The predicted molar refractivity (Wildman–Crippen MR) is 92.4 cm³/mol. The lowest BCUT2D eigenvalue weighted by molar-refractivity contribution is 0.249. The van der Waals surface area contributed by atoms with E-state index < -0.39 is 0 Å². The summed E-state index contributed by atoms with van der Waals surface area (Å²) in [5.41, 5.74) is 4.43. The molecule has 0 aromatic carbocycles. The summed E-state index contributed by atoms with van der Waals surface area (Å²) in [5, 5.41) is 14.5. The molecule has 0 saturated heterocycles. The molecule has 0 fully saturated rings. The number of aromatic nitrogens is 4. The molecule has 1 atom stereocenters. The first-order valence-electron chi connectivity index (χ1n) is 7.99. The van der Waals surface area contributed by atoms with Gasteiger partial charge in [0.2, 0.25) is 0 Å². The van der Waals surface area contributed by atoms with Gasteiger partial charge in [-0.25, -0.2) is 4.79 Å². The molecule has 0 aliphatic carbocycles. The summed E-state index contributed by atoms with van der Waals surface area (Å²) in [6, 6.07) is -0.465. The molecule has 1 unspecified atom stereocenters. The molecule has 2 aromatic rings. The number of nitrogens with zero attached hydrogens (tertiary/aromatic N) is 4. The van der Waals surface area contributed by atoms with E-state index in [4.69, 9.17) is 4.74 Å². The Morgan fingerprint density at radius 2 is 1.92 bits per heavy atom. The Hall–Kier alpha value is -2.51. The van der Waals surface area contributed by atoms with Crippen LogP contribution in [0.15, 0.2) is 0 Å². The minimum atomic E-state index is -0.306. The Labute approximate surface area is 142 Å². The first-order valence-corrected chi connectivity index (χ1v) is 7.99. The van der Waals surface area contributed by atoms with E-state index in [1.54, 1.807) is 11.7 Å². The highest BCUT2D eigenvalue weighted by Crippen LogP contribution is 2.27. The van der Waals surface area contributed by atoms with E-state index in [1.165, 1.54) is 7.11 Å². The number of aryl methyl sites for hydroxylation is 3. The molecule has 0 bridgehead atoms. The van der Waals surface area contributed by atoms with E-state index in [1.807, 2.05) is 39.3 Å². The average molecular weight is 334 g/mol. The normalized spacial score (nSPS) is 12.1. The van der Waals surface area contributed by atoms with Gasteiger partial charge in [0, 0.05) is 24.8 Å². The van der Waals surface area contributed by atoms with E-state index >= 15 is 0 Å². The van der Waals surface area contributed by atoms with Crippen molar-refractivity contribution in [2.24, 2.45) is 7.05 Å². The van der Waals surface area contributed by atoms with E-state index in [0.29, 0.717) is 11.6 Å². The topological polar surface area (TPSA) is 86.0 Å². The van der Waals surface area contributed by atoms with E-state index in [-0.39, 0.29) is 12.1 Å². The van der Waals surface area contributed by atoms with Gasteiger partial charge in [-0.1, -0.05) is 0 Å². The van der Waals surface area contributed by atoms with Crippen LogP contribution in [0.3, 0.4) is 0 Å². The number of nitrogens with one attached hydrogen (secondary N) is 2. The van der Waals surface area contributed by atoms with Crippen LogP contribution in [0.5, 0.6) is 5.88 Å². The third-order valence-electron chi connectivity index (χ3n) is 4.25. The van der Waals surface area contributed by atoms with E-state index in [9.17, 15) is 4.79 Å². The molecular weight excluding hydrogens is 308 g/mol. The highest BCUT2D eigenvalue weighted by Gasteiger charge is 2.21.